The molecule has 0 aliphatic heterocycles. The van der Waals surface area contributed by atoms with Crippen LogP contribution < -0.4 is 10.2 Å². The molecule has 0 spiro atoms. The average Bonchev–Trinajstić information content (AvgIpc) is 2.47. The van der Waals surface area contributed by atoms with Gasteiger partial charge in [-0.15, -0.1) is 0 Å². The second kappa shape index (κ2) is 7.10. The molecule has 0 saturated heterocycles. The lowest BCUT2D eigenvalue weighted by Crippen LogP contribution is -2.19. The van der Waals surface area contributed by atoms with Crippen LogP contribution in [0.5, 0.6) is 0 Å². The fraction of sp³-hybridized carbons (Fsp3) is 0.333. The van der Waals surface area contributed by atoms with E-state index in [0.29, 0.717) is 11.0 Å². The number of aromatic nitrogens is 2. The van der Waals surface area contributed by atoms with Crippen LogP contribution in [0.1, 0.15) is 19.8 Å². The quantitative estimate of drug-likeness (QED) is 0.869. The molecular weight excluding hydrogens is 272 g/mol. The van der Waals surface area contributed by atoms with E-state index < -0.39 is 0 Å². The lowest BCUT2D eigenvalue weighted by atomic mass is 10.3. The van der Waals surface area contributed by atoms with Crippen molar-refractivity contribution in [3.05, 3.63) is 41.6 Å². The zero-order valence-corrected chi connectivity index (χ0v) is 12.6. The maximum Gasteiger partial charge on any atom is 0.229 e. The van der Waals surface area contributed by atoms with Crippen LogP contribution in [0.15, 0.2) is 36.5 Å². The fourth-order valence-corrected chi connectivity index (χ4v) is 1.92. The number of halogens is 1. The summed E-state index contributed by atoms with van der Waals surface area (Å²) in [6.07, 6.45) is 4.09. The molecule has 0 saturated carbocycles. The summed E-state index contributed by atoms with van der Waals surface area (Å²) in [5.41, 5.74) is 0.919. The highest BCUT2D eigenvalue weighted by Gasteiger charge is 2.04. The van der Waals surface area contributed by atoms with Gasteiger partial charge < -0.3 is 10.2 Å². The van der Waals surface area contributed by atoms with Crippen molar-refractivity contribution in [1.82, 2.24) is 9.97 Å². The van der Waals surface area contributed by atoms with E-state index in [-0.39, 0.29) is 0 Å². The van der Waals surface area contributed by atoms with Crippen LogP contribution >= 0.6 is 11.6 Å². The Morgan fingerprint density at radius 1 is 1.20 bits per heavy atom. The van der Waals surface area contributed by atoms with Gasteiger partial charge in [0.1, 0.15) is 5.82 Å². The highest BCUT2D eigenvalue weighted by Crippen LogP contribution is 2.18. The van der Waals surface area contributed by atoms with Crippen LogP contribution in [-0.2, 0) is 0 Å². The monoisotopic (exact) mass is 290 g/mol. The van der Waals surface area contributed by atoms with Crippen LogP contribution in [0.2, 0.25) is 5.02 Å². The molecule has 1 aromatic carbocycles. The van der Waals surface area contributed by atoms with E-state index >= 15 is 0 Å². The number of nitrogens with zero attached hydrogens (tertiary/aromatic N) is 3. The summed E-state index contributed by atoms with van der Waals surface area (Å²) in [4.78, 5) is 10.9. The van der Waals surface area contributed by atoms with Crippen molar-refractivity contribution in [3.8, 4) is 0 Å². The first kappa shape index (κ1) is 14.6. The molecule has 20 heavy (non-hydrogen) atoms. The van der Waals surface area contributed by atoms with Crippen LogP contribution in [0.3, 0.4) is 0 Å². The summed E-state index contributed by atoms with van der Waals surface area (Å²) < 4.78 is 0. The number of anilines is 3. The number of unbranched alkanes of at least 4 members (excludes halogenated alkanes) is 1. The van der Waals surface area contributed by atoms with Crippen molar-refractivity contribution in [2.24, 2.45) is 0 Å². The first-order chi connectivity index (χ1) is 9.69. The van der Waals surface area contributed by atoms with E-state index in [4.69, 9.17) is 11.6 Å². The molecular formula is C15H19ClN4. The van der Waals surface area contributed by atoms with E-state index in [2.05, 4.69) is 27.1 Å². The van der Waals surface area contributed by atoms with E-state index in [1.807, 2.05) is 37.4 Å². The zero-order valence-electron chi connectivity index (χ0n) is 11.8. The lowest BCUT2D eigenvalue weighted by molar-refractivity contribution is 0.759. The summed E-state index contributed by atoms with van der Waals surface area (Å²) >= 11 is 5.86. The van der Waals surface area contributed by atoms with Crippen molar-refractivity contribution in [3.63, 3.8) is 0 Å². The fourth-order valence-electron chi connectivity index (χ4n) is 1.79. The van der Waals surface area contributed by atoms with Crippen molar-refractivity contribution in [2.45, 2.75) is 19.8 Å². The Balaban J connectivity index is 2.07. The summed E-state index contributed by atoms with van der Waals surface area (Å²) in [7, 11) is 2.05. The molecule has 0 aliphatic carbocycles. The lowest BCUT2D eigenvalue weighted by Gasteiger charge is -2.18. The summed E-state index contributed by atoms with van der Waals surface area (Å²) in [6.45, 7) is 3.18. The maximum absolute atomic E-state index is 5.86. The highest BCUT2D eigenvalue weighted by atomic mass is 35.5. The first-order valence-corrected chi connectivity index (χ1v) is 7.13. The predicted molar refractivity (Wildman–Crippen MR) is 84.9 cm³/mol. The molecule has 5 heteroatoms. The number of hydrogen-bond acceptors (Lipinski definition) is 4. The van der Waals surface area contributed by atoms with Gasteiger partial charge in [-0.1, -0.05) is 24.9 Å². The van der Waals surface area contributed by atoms with E-state index in [1.165, 1.54) is 6.42 Å². The topological polar surface area (TPSA) is 41.1 Å². The Labute approximate surface area is 124 Å². The number of rotatable bonds is 6. The third kappa shape index (κ3) is 4.10. The van der Waals surface area contributed by atoms with Gasteiger partial charge in [-0.25, -0.2) is 4.98 Å². The zero-order chi connectivity index (χ0) is 14.4. The third-order valence-electron chi connectivity index (χ3n) is 2.98. The number of benzene rings is 1. The standard InChI is InChI=1S/C15H19ClN4/c1-3-4-11-20(2)14-9-10-17-15(19-14)18-13-7-5-12(16)6-8-13/h5-10H,3-4,11H2,1-2H3,(H,17,18,19). The Morgan fingerprint density at radius 3 is 2.65 bits per heavy atom. The second-order valence-electron chi connectivity index (χ2n) is 4.65. The first-order valence-electron chi connectivity index (χ1n) is 6.76. The van der Waals surface area contributed by atoms with Gasteiger partial charge in [-0.2, -0.15) is 4.98 Å². The molecule has 0 aliphatic rings. The van der Waals surface area contributed by atoms with Gasteiger partial charge in [0.05, 0.1) is 0 Å². The van der Waals surface area contributed by atoms with Gasteiger partial charge in [0, 0.05) is 30.5 Å². The summed E-state index contributed by atoms with van der Waals surface area (Å²) in [6, 6.07) is 9.39. The minimum atomic E-state index is 0.591. The molecule has 1 aromatic heterocycles. The van der Waals surface area contributed by atoms with Crippen molar-refractivity contribution < 1.29 is 0 Å². The van der Waals surface area contributed by atoms with E-state index in [1.54, 1.807) is 6.20 Å². The van der Waals surface area contributed by atoms with Crippen LogP contribution in [0, 0.1) is 0 Å². The van der Waals surface area contributed by atoms with Gasteiger partial charge in [0.15, 0.2) is 0 Å². The molecule has 0 radical (unpaired) electrons. The molecule has 0 unspecified atom stereocenters. The molecule has 0 amide bonds. The van der Waals surface area contributed by atoms with Crippen LogP contribution in [0.4, 0.5) is 17.5 Å². The van der Waals surface area contributed by atoms with Gasteiger partial charge >= 0.3 is 0 Å². The Kier molecular flexibility index (Phi) is 5.18. The van der Waals surface area contributed by atoms with Gasteiger partial charge in [0.25, 0.3) is 0 Å². The smallest absolute Gasteiger partial charge is 0.229 e. The maximum atomic E-state index is 5.86. The van der Waals surface area contributed by atoms with Gasteiger partial charge in [-0.3, -0.25) is 0 Å². The molecule has 106 valence electrons. The second-order valence-corrected chi connectivity index (χ2v) is 5.08. The van der Waals surface area contributed by atoms with Gasteiger partial charge in [0.2, 0.25) is 5.95 Å². The minimum absolute atomic E-state index is 0.591. The normalized spacial score (nSPS) is 10.3. The Morgan fingerprint density at radius 2 is 1.95 bits per heavy atom. The molecule has 0 bridgehead atoms. The molecule has 0 atom stereocenters. The van der Waals surface area contributed by atoms with Crippen LogP contribution in [0.25, 0.3) is 0 Å². The molecule has 0 fully saturated rings. The number of hydrogen-bond donors (Lipinski definition) is 1. The van der Waals surface area contributed by atoms with Crippen molar-refractivity contribution in [2.75, 3.05) is 23.8 Å². The number of nitrogens with one attached hydrogen (secondary N) is 1. The van der Waals surface area contributed by atoms with Crippen LogP contribution in [-0.4, -0.2) is 23.6 Å². The largest absolute Gasteiger partial charge is 0.360 e. The van der Waals surface area contributed by atoms with E-state index in [9.17, 15) is 0 Å². The van der Waals surface area contributed by atoms with Crippen molar-refractivity contribution >= 4 is 29.1 Å². The SMILES string of the molecule is CCCCN(C)c1ccnc(Nc2ccc(Cl)cc2)n1. The van der Waals surface area contributed by atoms with E-state index in [0.717, 1.165) is 24.5 Å². The molecule has 2 rings (SSSR count). The molecule has 2 aromatic rings. The van der Waals surface area contributed by atoms with Gasteiger partial charge in [-0.05, 0) is 36.8 Å². The summed E-state index contributed by atoms with van der Waals surface area (Å²) in [5.74, 6) is 1.51. The average molecular weight is 291 g/mol. The minimum Gasteiger partial charge on any atom is -0.360 e. The molecule has 4 nitrogen and oxygen atoms in total. The molecule has 1 N–H and O–H groups in total. The Bertz CT molecular complexity index is 542. The van der Waals surface area contributed by atoms with Crippen molar-refractivity contribution in [1.29, 1.82) is 0 Å². The predicted octanol–water partition coefficient (Wildman–Crippen LogP) is 4.11. The highest BCUT2D eigenvalue weighted by molar-refractivity contribution is 6.30. The molecule has 1 heterocycles. The summed E-state index contributed by atoms with van der Waals surface area (Å²) in [5, 5.41) is 3.89. The third-order valence-corrected chi connectivity index (χ3v) is 3.23. The Hall–Kier alpha value is -1.81.